The van der Waals surface area contributed by atoms with Crippen LogP contribution in [0.5, 0.6) is 0 Å². The highest BCUT2D eigenvalue weighted by atomic mass is 19.1. The molecule has 0 spiro atoms. The maximum atomic E-state index is 13.3. The summed E-state index contributed by atoms with van der Waals surface area (Å²) in [6.45, 7) is 2.01. The zero-order valence-electron chi connectivity index (χ0n) is 14.8. The molecule has 2 aromatic heterocycles. The van der Waals surface area contributed by atoms with E-state index in [1.807, 2.05) is 29.7 Å². The second kappa shape index (κ2) is 6.90. The average molecular weight is 351 g/mol. The fraction of sp³-hybridized carbons (Fsp3) is 0.333. The van der Waals surface area contributed by atoms with Crippen LogP contribution in [0, 0.1) is 18.7 Å². The Kier molecular flexibility index (Phi) is 4.45. The normalized spacial score (nSPS) is 15.3. The number of halogens is 1. The minimum atomic E-state index is -0.291. The number of hydrogen-bond donors (Lipinski definition) is 1. The minimum Gasteiger partial charge on any atom is -0.310 e. The monoisotopic (exact) mass is 351 g/mol. The number of fused-ring (bicyclic) bond motifs is 1. The van der Waals surface area contributed by atoms with E-state index in [4.69, 9.17) is 4.98 Å². The van der Waals surface area contributed by atoms with Crippen molar-refractivity contribution in [1.29, 1.82) is 0 Å². The van der Waals surface area contributed by atoms with Crippen LogP contribution in [0.15, 0.2) is 42.6 Å². The first-order chi connectivity index (χ1) is 12.6. The third-order valence-corrected chi connectivity index (χ3v) is 5.12. The number of carbonyl (C=O) groups is 1. The zero-order chi connectivity index (χ0) is 18.1. The van der Waals surface area contributed by atoms with Gasteiger partial charge in [-0.3, -0.25) is 9.20 Å². The van der Waals surface area contributed by atoms with Gasteiger partial charge in [-0.2, -0.15) is 0 Å². The van der Waals surface area contributed by atoms with Crippen molar-refractivity contribution >= 4 is 17.4 Å². The Bertz CT molecular complexity index is 940. The van der Waals surface area contributed by atoms with E-state index >= 15 is 0 Å². The Morgan fingerprint density at radius 3 is 2.62 bits per heavy atom. The van der Waals surface area contributed by atoms with Crippen molar-refractivity contribution in [2.75, 3.05) is 5.32 Å². The second-order valence-corrected chi connectivity index (χ2v) is 7.07. The SMILES string of the molecule is Cc1ccn2c(NC(=O)C3CCCCC3)c(-c3ccc(F)cc3)nc2c1. The van der Waals surface area contributed by atoms with Crippen molar-refractivity contribution in [2.45, 2.75) is 39.0 Å². The maximum absolute atomic E-state index is 13.3. The van der Waals surface area contributed by atoms with Gasteiger partial charge in [0.25, 0.3) is 0 Å². The van der Waals surface area contributed by atoms with E-state index in [2.05, 4.69) is 5.32 Å². The molecule has 0 aliphatic heterocycles. The molecule has 1 aliphatic rings. The van der Waals surface area contributed by atoms with Gasteiger partial charge in [-0.1, -0.05) is 19.3 Å². The van der Waals surface area contributed by atoms with Crippen LogP contribution in [0.1, 0.15) is 37.7 Å². The van der Waals surface area contributed by atoms with E-state index in [0.29, 0.717) is 11.5 Å². The van der Waals surface area contributed by atoms with Crippen LogP contribution in [0.2, 0.25) is 0 Å². The minimum absolute atomic E-state index is 0.0513. The molecule has 1 fully saturated rings. The number of nitrogens with one attached hydrogen (secondary N) is 1. The van der Waals surface area contributed by atoms with Crippen molar-refractivity contribution in [3.05, 3.63) is 54.0 Å². The van der Waals surface area contributed by atoms with Crippen LogP contribution in [-0.2, 0) is 4.79 Å². The second-order valence-electron chi connectivity index (χ2n) is 7.07. The molecule has 1 amide bonds. The standard InChI is InChI=1S/C21H22FN3O/c1-14-11-12-25-18(13-14)23-19(15-7-9-17(22)10-8-15)20(25)24-21(26)16-5-3-2-4-6-16/h7-13,16H,2-6H2,1H3,(H,24,26). The number of amides is 1. The van der Waals surface area contributed by atoms with Gasteiger partial charge in [-0.25, -0.2) is 9.37 Å². The van der Waals surface area contributed by atoms with Crippen molar-refractivity contribution < 1.29 is 9.18 Å². The Hall–Kier alpha value is -2.69. The number of aryl methyl sites for hydroxylation is 1. The molecule has 0 bridgehead atoms. The van der Waals surface area contributed by atoms with Gasteiger partial charge in [0, 0.05) is 17.7 Å². The third kappa shape index (κ3) is 3.21. The molecule has 2 heterocycles. The first-order valence-corrected chi connectivity index (χ1v) is 9.17. The van der Waals surface area contributed by atoms with Crippen molar-refractivity contribution in [2.24, 2.45) is 5.92 Å². The highest BCUT2D eigenvalue weighted by molar-refractivity contribution is 5.96. The summed E-state index contributed by atoms with van der Waals surface area (Å²) in [5.74, 6) is 0.472. The quantitative estimate of drug-likeness (QED) is 0.724. The molecule has 1 aliphatic carbocycles. The molecule has 1 N–H and O–H groups in total. The Labute approximate surface area is 152 Å². The lowest BCUT2D eigenvalue weighted by Crippen LogP contribution is -2.25. The molecule has 0 unspecified atom stereocenters. The lowest BCUT2D eigenvalue weighted by atomic mass is 9.88. The van der Waals surface area contributed by atoms with Gasteiger partial charge in [0.1, 0.15) is 23.0 Å². The van der Waals surface area contributed by atoms with Crippen LogP contribution in [-0.4, -0.2) is 15.3 Å². The lowest BCUT2D eigenvalue weighted by molar-refractivity contribution is -0.120. The van der Waals surface area contributed by atoms with E-state index < -0.39 is 0 Å². The van der Waals surface area contributed by atoms with Crippen LogP contribution in [0.4, 0.5) is 10.2 Å². The molecule has 3 aromatic rings. The number of carbonyl (C=O) groups excluding carboxylic acids is 1. The third-order valence-electron chi connectivity index (χ3n) is 5.12. The van der Waals surface area contributed by atoms with Crippen LogP contribution in [0.3, 0.4) is 0 Å². The van der Waals surface area contributed by atoms with Gasteiger partial charge in [0.2, 0.25) is 5.91 Å². The first-order valence-electron chi connectivity index (χ1n) is 9.17. The van der Waals surface area contributed by atoms with E-state index in [0.717, 1.165) is 42.5 Å². The molecule has 134 valence electrons. The summed E-state index contributed by atoms with van der Waals surface area (Å²) in [4.78, 5) is 17.5. The molecule has 5 heteroatoms. The Balaban J connectivity index is 1.76. The molecule has 0 radical (unpaired) electrons. The lowest BCUT2D eigenvalue weighted by Gasteiger charge is -2.21. The van der Waals surface area contributed by atoms with E-state index in [-0.39, 0.29) is 17.6 Å². The number of imidazole rings is 1. The molecular formula is C21H22FN3O. The molecular weight excluding hydrogens is 329 g/mol. The summed E-state index contributed by atoms with van der Waals surface area (Å²) in [6.07, 6.45) is 7.21. The molecule has 26 heavy (non-hydrogen) atoms. The topological polar surface area (TPSA) is 46.4 Å². The van der Waals surface area contributed by atoms with Crippen molar-refractivity contribution in [3.8, 4) is 11.3 Å². The van der Waals surface area contributed by atoms with Crippen molar-refractivity contribution in [3.63, 3.8) is 0 Å². The number of aromatic nitrogens is 2. The number of anilines is 1. The van der Waals surface area contributed by atoms with Crippen LogP contribution >= 0.6 is 0 Å². The highest BCUT2D eigenvalue weighted by Gasteiger charge is 2.24. The van der Waals surface area contributed by atoms with Crippen molar-refractivity contribution in [1.82, 2.24) is 9.38 Å². The maximum Gasteiger partial charge on any atom is 0.228 e. The molecule has 0 atom stereocenters. The van der Waals surface area contributed by atoms with Gasteiger partial charge in [0.15, 0.2) is 0 Å². The van der Waals surface area contributed by atoms with E-state index in [1.165, 1.54) is 18.6 Å². The van der Waals surface area contributed by atoms with Gasteiger partial charge < -0.3 is 5.32 Å². The fourth-order valence-corrected chi connectivity index (χ4v) is 3.66. The number of rotatable bonds is 3. The molecule has 4 nitrogen and oxygen atoms in total. The fourth-order valence-electron chi connectivity index (χ4n) is 3.66. The number of nitrogens with zero attached hydrogens (tertiary/aromatic N) is 2. The van der Waals surface area contributed by atoms with Crippen LogP contribution < -0.4 is 5.32 Å². The summed E-state index contributed by atoms with van der Waals surface area (Å²) < 4.78 is 15.2. The van der Waals surface area contributed by atoms with Gasteiger partial charge in [0.05, 0.1) is 0 Å². The average Bonchev–Trinajstić information content (AvgIpc) is 3.00. The summed E-state index contributed by atoms with van der Waals surface area (Å²) in [5, 5.41) is 3.10. The molecule has 0 saturated heterocycles. The Morgan fingerprint density at radius 1 is 1.15 bits per heavy atom. The van der Waals surface area contributed by atoms with E-state index in [9.17, 15) is 9.18 Å². The molecule has 1 saturated carbocycles. The number of benzene rings is 1. The predicted molar refractivity (Wildman–Crippen MR) is 101 cm³/mol. The largest absolute Gasteiger partial charge is 0.310 e. The summed E-state index contributed by atoms with van der Waals surface area (Å²) in [6, 6.07) is 10.2. The zero-order valence-corrected chi connectivity index (χ0v) is 14.8. The Morgan fingerprint density at radius 2 is 1.88 bits per heavy atom. The van der Waals surface area contributed by atoms with Crippen LogP contribution in [0.25, 0.3) is 16.9 Å². The van der Waals surface area contributed by atoms with E-state index in [1.54, 1.807) is 12.1 Å². The smallest absolute Gasteiger partial charge is 0.228 e. The summed E-state index contributed by atoms with van der Waals surface area (Å²) in [7, 11) is 0. The molecule has 4 rings (SSSR count). The summed E-state index contributed by atoms with van der Waals surface area (Å²) in [5.41, 5.74) is 3.31. The van der Waals surface area contributed by atoms with Gasteiger partial charge in [-0.15, -0.1) is 0 Å². The highest BCUT2D eigenvalue weighted by Crippen LogP contribution is 2.31. The van der Waals surface area contributed by atoms with Gasteiger partial charge in [-0.05, 0) is 61.7 Å². The first kappa shape index (κ1) is 16.8. The predicted octanol–water partition coefficient (Wildman–Crippen LogP) is 4.97. The molecule has 1 aromatic carbocycles. The number of hydrogen-bond acceptors (Lipinski definition) is 2. The number of pyridine rings is 1. The van der Waals surface area contributed by atoms with Gasteiger partial charge >= 0.3 is 0 Å². The summed E-state index contributed by atoms with van der Waals surface area (Å²) >= 11 is 0.